The van der Waals surface area contributed by atoms with Crippen molar-refractivity contribution in [1.29, 1.82) is 0 Å². The Balaban J connectivity index is 2.04. The van der Waals surface area contributed by atoms with Crippen molar-refractivity contribution in [2.75, 3.05) is 13.6 Å². The second-order valence-corrected chi connectivity index (χ2v) is 6.37. The quantitative estimate of drug-likeness (QED) is 0.889. The fourth-order valence-electron chi connectivity index (χ4n) is 1.79. The number of thiophene rings is 1. The largest absolute Gasteiger partial charge is 0.393 e. The second-order valence-electron chi connectivity index (χ2n) is 4.66. The van der Waals surface area contributed by atoms with Crippen molar-refractivity contribution in [2.24, 2.45) is 0 Å². The summed E-state index contributed by atoms with van der Waals surface area (Å²) in [7, 11) is 2.01. The molecule has 6 heteroatoms. The molecule has 0 aromatic carbocycles. The van der Waals surface area contributed by atoms with E-state index in [0.717, 1.165) is 40.0 Å². The first kappa shape index (κ1) is 14.5. The molecule has 0 aliphatic heterocycles. The van der Waals surface area contributed by atoms with E-state index in [1.54, 1.807) is 13.1 Å². The first-order chi connectivity index (χ1) is 9.06. The van der Waals surface area contributed by atoms with E-state index in [1.807, 2.05) is 19.2 Å². The maximum Gasteiger partial charge on any atom is 0.181 e. The van der Waals surface area contributed by atoms with Crippen LogP contribution in [0.4, 0.5) is 0 Å². The van der Waals surface area contributed by atoms with Crippen molar-refractivity contribution in [2.45, 2.75) is 26.0 Å². The summed E-state index contributed by atoms with van der Waals surface area (Å²) in [6, 6.07) is 3.79. The summed E-state index contributed by atoms with van der Waals surface area (Å²) in [5, 5.41) is 13.2. The van der Waals surface area contributed by atoms with Crippen molar-refractivity contribution >= 4 is 22.9 Å². The van der Waals surface area contributed by atoms with E-state index in [9.17, 15) is 5.11 Å². The van der Waals surface area contributed by atoms with Crippen molar-refractivity contribution in [3.63, 3.8) is 0 Å². The summed E-state index contributed by atoms with van der Waals surface area (Å²) in [4.78, 5) is 3.12. The third kappa shape index (κ3) is 4.04. The second kappa shape index (κ2) is 6.52. The van der Waals surface area contributed by atoms with Crippen molar-refractivity contribution in [1.82, 2.24) is 10.1 Å². The Morgan fingerprint density at radius 1 is 1.53 bits per heavy atom. The summed E-state index contributed by atoms with van der Waals surface area (Å²) in [5.74, 6) is 0.779. The molecule has 4 nitrogen and oxygen atoms in total. The molecule has 0 amide bonds. The Kier molecular flexibility index (Phi) is 4.99. The van der Waals surface area contributed by atoms with Crippen LogP contribution in [0.25, 0.3) is 10.6 Å². The summed E-state index contributed by atoms with van der Waals surface area (Å²) < 4.78 is 6.05. The molecular weight excluding hydrogens is 284 g/mol. The molecule has 0 saturated carbocycles. The molecule has 0 bridgehead atoms. The number of aliphatic hydroxyl groups is 1. The van der Waals surface area contributed by atoms with Gasteiger partial charge in [-0.2, -0.15) is 0 Å². The minimum absolute atomic E-state index is 0.277. The highest BCUT2D eigenvalue weighted by Crippen LogP contribution is 2.33. The van der Waals surface area contributed by atoms with Gasteiger partial charge in [-0.25, -0.2) is 0 Å². The Morgan fingerprint density at radius 2 is 2.32 bits per heavy atom. The molecule has 0 aliphatic carbocycles. The van der Waals surface area contributed by atoms with Gasteiger partial charge in [0.25, 0.3) is 0 Å². The number of aliphatic hydroxyl groups excluding tert-OH is 1. The molecule has 1 atom stereocenters. The van der Waals surface area contributed by atoms with Crippen LogP contribution < -0.4 is 0 Å². The molecule has 2 aromatic heterocycles. The highest BCUT2D eigenvalue weighted by Gasteiger charge is 2.14. The summed E-state index contributed by atoms with van der Waals surface area (Å²) in [6.07, 6.45) is 2.21. The van der Waals surface area contributed by atoms with Crippen LogP contribution in [0, 0.1) is 0 Å². The highest BCUT2D eigenvalue weighted by molar-refractivity contribution is 7.19. The topological polar surface area (TPSA) is 49.5 Å². The van der Waals surface area contributed by atoms with Gasteiger partial charge in [-0.05, 0) is 32.5 Å². The van der Waals surface area contributed by atoms with Gasteiger partial charge < -0.3 is 14.5 Å². The molecule has 0 fully saturated rings. The normalized spacial score (nSPS) is 13.1. The van der Waals surface area contributed by atoms with Crippen LogP contribution in [-0.4, -0.2) is 34.9 Å². The monoisotopic (exact) mass is 300 g/mol. The molecule has 0 spiro atoms. The molecule has 19 heavy (non-hydrogen) atoms. The van der Waals surface area contributed by atoms with Crippen LogP contribution >= 0.6 is 22.9 Å². The molecule has 0 saturated heterocycles. The van der Waals surface area contributed by atoms with E-state index >= 15 is 0 Å². The van der Waals surface area contributed by atoms with Crippen molar-refractivity contribution in [3.8, 4) is 10.6 Å². The van der Waals surface area contributed by atoms with Gasteiger partial charge in [-0.3, -0.25) is 0 Å². The smallest absolute Gasteiger partial charge is 0.181 e. The zero-order chi connectivity index (χ0) is 13.8. The van der Waals surface area contributed by atoms with Crippen molar-refractivity contribution < 1.29 is 9.63 Å². The van der Waals surface area contributed by atoms with Crippen LogP contribution in [0.15, 0.2) is 22.9 Å². The number of hydrogen-bond acceptors (Lipinski definition) is 5. The minimum Gasteiger partial charge on any atom is -0.393 e. The minimum atomic E-state index is -0.277. The van der Waals surface area contributed by atoms with Gasteiger partial charge in [0.2, 0.25) is 0 Å². The fourth-order valence-corrected chi connectivity index (χ4v) is 2.84. The number of rotatable bonds is 6. The number of nitrogens with zero attached hydrogens (tertiary/aromatic N) is 2. The van der Waals surface area contributed by atoms with Crippen LogP contribution in [0.1, 0.15) is 18.9 Å². The van der Waals surface area contributed by atoms with E-state index in [2.05, 4.69) is 10.1 Å². The molecule has 0 aliphatic rings. The summed E-state index contributed by atoms with van der Waals surface area (Å²) in [5.41, 5.74) is 1.03. The number of aromatic nitrogens is 1. The fraction of sp³-hybridized carbons (Fsp3) is 0.462. The average Bonchev–Trinajstić information content (AvgIpc) is 2.95. The van der Waals surface area contributed by atoms with Gasteiger partial charge >= 0.3 is 0 Å². The Labute approximate surface area is 121 Å². The van der Waals surface area contributed by atoms with Crippen LogP contribution in [-0.2, 0) is 6.54 Å². The van der Waals surface area contributed by atoms with Crippen LogP contribution in [0.3, 0.4) is 0 Å². The predicted molar refractivity (Wildman–Crippen MR) is 77.5 cm³/mol. The molecule has 1 N–H and O–H groups in total. The van der Waals surface area contributed by atoms with E-state index < -0.39 is 0 Å². The van der Waals surface area contributed by atoms with Crippen molar-refractivity contribution in [3.05, 3.63) is 28.2 Å². The first-order valence-corrected chi connectivity index (χ1v) is 7.31. The van der Waals surface area contributed by atoms with Gasteiger partial charge in [0.15, 0.2) is 5.76 Å². The number of halogens is 1. The zero-order valence-corrected chi connectivity index (χ0v) is 12.5. The maximum atomic E-state index is 9.29. The third-order valence-corrected chi connectivity index (χ3v) is 4.04. The lowest BCUT2D eigenvalue weighted by atomic mass is 10.2. The van der Waals surface area contributed by atoms with Gasteiger partial charge in [-0.1, -0.05) is 16.8 Å². The molecular formula is C13H17ClN2O2S. The molecule has 0 radical (unpaired) electrons. The first-order valence-electron chi connectivity index (χ1n) is 6.12. The SMILES string of the molecule is CC(O)CCN(C)Cc1cnoc1-c1ccc(Cl)s1. The van der Waals surface area contributed by atoms with E-state index in [1.165, 1.54) is 11.3 Å². The van der Waals surface area contributed by atoms with Crippen LogP contribution in [0.5, 0.6) is 0 Å². The van der Waals surface area contributed by atoms with E-state index in [-0.39, 0.29) is 6.10 Å². The Bertz CT molecular complexity index is 524. The lowest BCUT2D eigenvalue weighted by Gasteiger charge is -2.16. The van der Waals surface area contributed by atoms with Gasteiger partial charge in [-0.15, -0.1) is 11.3 Å². The van der Waals surface area contributed by atoms with Crippen LogP contribution in [0.2, 0.25) is 4.34 Å². The molecule has 2 heterocycles. The highest BCUT2D eigenvalue weighted by atomic mass is 35.5. The summed E-state index contributed by atoms with van der Waals surface area (Å²) in [6.45, 7) is 3.36. The lowest BCUT2D eigenvalue weighted by Crippen LogP contribution is -2.22. The van der Waals surface area contributed by atoms with E-state index in [0.29, 0.717) is 0 Å². The zero-order valence-electron chi connectivity index (χ0n) is 11.0. The molecule has 2 rings (SSSR count). The van der Waals surface area contributed by atoms with Gasteiger partial charge in [0.05, 0.1) is 21.5 Å². The van der Waals surface area contributed by atoms with E-state index in [4.69, 9.17) is 16.1 Å². The lowest BCUT2D eigenvalue weighted by molar-refractivity contribution is 0.163. The van der Waals surface area contributed by atoms with Gasteiger partial charge in [0.1, 0.15) is 0 Å². The number of hydrogen-bond donors (Lipinski definition) is 1. The van der Waals surface area contributed by atoms with Gasteiger partial charge in [0, 0.05) is 18.7 Å². The third-order valence-electron chi connectivity index (χ3n) is 2.81. The molecule has 1 unspecified atom stereocenters. The molecule has 104 valence electrons. The standard InChI is InChI=1S/C13H17ClN2O2S/c1-9(17)5-6-16(2)8-10-7-15-18-13(10)11-3-4-12(14)19-11/h3-4,7,9,17H,5-6,8H2,1-2H3. The average molecular weight is 301 g/mol. The Hall–Kier alpha value is -0.880. The molecule has 2 aromatic rings. The predicted octanol–water partition coefficient (Wildman–Crippen LogP) is 3.26. The Morgan fingerprint density at radius 3 is 2.95 bits per heavy atom. The summed E-state index contributed by atoms with van der Waals surface area (Å²) >= 11 is 7.42. The maximum absolute atomic E-state index is 9.29.